The van der Waals surface area contributed by atoms with E-state index in [9.17, 15) is 9.90 Å². The normalized spacial score (nSPS) is 24.2. The quantitative estimate of drug-likeness (QED) is 0.744. The molecule has 1 aromatic carbocycles. The molecule has 1 atom stereocenters. The molecule has 1 aliphatic carbocycles. The monoisotopic (exact) mass is 397 g/mol. The summed E-state index contributed by atoms with van der Waals surface area (Å²) >= 11 is 0. The Morgan fingerprint density at radius 2 is 2.03 bits per heavy atom. The van der Waals surface area contributed by atoms with E-state index >= 15 is 0 Å². The number of benzene rings is 1. The van der Waals surface area contributed by atoms with Crippen LogP contribution in [0.5, 0.6) is 5.75 Å². The van der Waals surface area contributed by atoms with Gasteiger partial charge in [0.15, 0.2) is 0 Å². The number of aliphatic hydroxyl groups excluding tert-OH is 1. The van der Waals surface area contributed by atoms with Gasteiger partial charge in [0, 0.05) is 53.6 Å². The second-order valence-corrected chi connectivity index (χ2v) is 9.03. The lowest BCUT2D eigenvalue weighted by Crippen LogP contribution is -2.53. The van der Waals surface area contributed by atoms with Crippen molar-refractivity contribution in [1.29, 1.82) is 0 Å². The molecule has 2 aliphatic heterocycles. The van der Waals surface area contributed by atoms with E-state index < -0.39 is 0 Å². The van der Waals surface area contributed by atoms with Crippen molar-refractivity contribution in [2.45, 2.75) is 50.0 Å². The first-order valence-corrected chi connectivity index (χ1v) is 11.0. The maximum absolute atomic E-state index is 12.9. The number of nitrogens with zero attached hydrogens (tertiary/aromatic N) is 1. The van der Waals surface area contributed by atoms with Crippen LogP contribution in [0.1, 0.15) is 55.8 Å². The van der Waals surface area contributed by atoms with E-state index in [0.717, 1.165) is 62.3 Å². The van der Waals surface area contributed by atoms with E-state index in [0.29, 0.717) is 5.91 Å². The number of methoxy groups -OCH3 is 1. The number of likely N-dealkylation sites (tertiary alicyclic amines) is 1. The number of H-pyrrole nitrogens is 1. The third kappa shape index (κ3) is 3.04. The average Bonchev–Trinajstić information content (AvgIpc) is 3.42. The summed E-state index contributed by atoms with van der Waals surface area (Å²) in [4.78, 5) is 18.6. The Morgan fingerprint density at radius 1 is 1.28 bits per heavy atom. The number of aromatic nitrogens is 1. The predicted molar refractivity (Wildman–Crippen MR) is 112 cm³/mol. The molecule has 6 nitrogen and oxygen atoms in total. The van der Waals surface area contributed by atoms with Gasteiger partial charge in [-0.25, -0.2) is 0 Å². The molecule has 1 spiro atoms. The van der Waals surface area contributed by atoms with Gasteiger partial charge in [-0.15, -0.1) is 0 Å². The molecule has 5 rings (SSSR count). The number of hydrogen-bond donors (Lipinski definition) is 3. The van der Waals surface area contributed by atoms with Gasteiger partial charge in [-0.05, 0) is 43.4 Å². The summed E-state index contributed by atoms with van der Waals surface area (Å²) in [6, 6.07) is 6.11. The van der Waals surface area contributed by atoms with Gasteiger partial charge in [0.05, 0.1) is 19.8 Å². The van der Waals surface area contributed by atoms with Crippen molar-refractivity contribution in [3.8, 4) is 5.75 Å². The van der Waals surface area contributed by atoms with E-state index in [2.05, 4.69) is 21.3 Å². The third-order valence-electron chi connectivity index (χ3n) is 7.52. The van der Waals surface area contributed by atoms with Gasteiger partial charge in [0.1, 0.15) is 5.75 Å². The van der Waals surface area contributed by atoms with E-state index in [1.807, 2.05) is 12.1 Å². The Kier molecular flexibility index (Phi) is 4.79. The first-order chi connectivity index (χ1) is 14.1. The minimum atomic E-state index is -0.0767. The molecule has 3 heterocycles. The molecule has 0 bridgehead atoms. The van der Waals surface area contributed by atoms with Crippen molar-refractivity contribution < 1.29 is 14.6 Å². The average molecular weight is 398 g/mol. The van der Waals surface area contributed by atoms with Crippen LogP contribution in [-0.4, -0.2) is 54.2 Å². The van der Waals surface area contributed by atoms with Gasteiger partial charge in [-0.3, -0.25) is 4.79 Å². The fourth-order valence-corrected chi connectivity index (χ4v) is 5.83. The maximum Gasteiger partial charge on any atom is 0.225 e. The van der Waals surface area contributed by atoms with Gasteiger partial charge in [0.2, 0.25) is 5.91 Å². The molecule has 2 aromatic rings. The Bertz CT molecular complexity index is 907. The number of ether oxygens (including phenoxy) is 1. The molecule has 2 fully saturated rings. The number of hydrogen-bond acceptors (Lipinski definition) is 4. The zero-order valence-electron chi connectivity index (χ0n) is 17.2. The molecule has 1 amide bonds. The second-order valence-electron chi connectivity index (χ2n) is 9.03. The highest BCUT2D eigenvalue weighted by Crippen LogP contribution is 2.46. The van der Waals surface area contributed by atoms with Gasteiger partial charge in [0.25, 0.3) is 0 Å². The Morgan fingerprint density at radius 3 is 2.72 bits per heavy atom. The highest BCUT2D eigenvalue weighted by atomic mass is 16.5. The summed E-state index contributed by atoms with van der Waals surface area (Å²) in [6.45, 7) is 2.56. The number of aliphatic hydroxyl groups is 1. The molecule has 156 valence electrons. The van der Waals surface area contributed by atoms with Crippen LogP contribution >= 0.6 is 0 Å². The summed E-state index contributed by atoms with van der Waals surface area (Å²) < 4.78 is 5.40. The Labute approximate surface area is 171 Å². The van der Waals surface area contributed by atoms with Gasteiger partial charge < -0.3 is 25.0 Å². The summed E-state index contributed by atoms with van der Waals surface area (Å²) in [5.41, 5.74) is 3.49. The van der Waals surface area contributed by atoms with Crippen LogP contribution in [0.25, 0.3) is 10.9 Å². The van der Waals surface area contributed by atoms with Crippen molar-refractivity contribution in [2.75, 3.05) is 33.4 Å². The summed E-state index contributed by atoms with van der Waals surface area (Å²) in [7, 11) is 1.68. The molecule has 6 heteroatoms. The lowest BCUT2D eigenvalue weighted by Gasteiger charge is -2.46. The fourth-order valence-electron chi connectivity index (χ4n) is 5.83. The molecule has 29 heavy (non-hydrogen) atoms. The first-order valence-electron chi connectivity index (χ1n) is 11.0. The molecule has 1 saturated carbocycles. The molecule has 3 aliphatic rings. The van der Waals surface area contributed by atoms with Crippen molar-refractivity contribution in [1.82, 2.24) is 15.2 Å². The molecule has 3 N–H and O–H groups in total. The van der Waals surface area contributed by atoms with Crippen LogP contribution in [-0.2, 0) is 10.2 Å². The van der Waals surface area contributed by atoms with Crippen LogP contribution in [0.4, 0.5) is 0 Å². The Balaban J connectivity index is 1.47. The number of aromatic amines is 1. The van der Waals surface area contributed by atoms with E-state index in [1.54, 1.807) is 7.11 Å². The van der Waals surface area contributed by atoms with E-state index in [1.165, 1.54) is 23.8 Å². The topological polar surface area (TPSA) is 77.6 Å². The predicted octanol–water partition coefficient (Wildman–Crippen LogP) is 2.86. The number of carbonyl (C=O) groups excluding carboxylic acids is 1. The van der Waals surface area contributed by atoms with Gasteiger partial charge >= 0.3 is 0 Å². The standard InChI is InChI=1S/C23H31N3O3/c1-29-16-6-7-17-18(12-16)25-21-19(13-27)24-14-23(20(17)21)8-10-26(11-9-23)22(28)15-4-2-3-5-15/h6-7,12,15,19,24-25,27H,2-5,8-11,13-14H2,1H3/t19-/m0/s1. The number of rotatable bonds is 3. The highest BCUT2D eigenvalue weighted by molar-refractivity contribution is 5.88. The SMILES string of the molecule is COc1ccc2c3c([nH]c2c1)[C@H](CO)NCC31CCN(C(=O)C2CCCC2)CC1. The molecule has 0 unspecified atom stereocenters. The number of amides is 1. The van der Waals surface area contributed by atoms with Crippen molar-refractivity contribution in [3.05, 3.63) is 29.5 Å². The summed E-state index contributed by atoms with van der Waals surface area (Å²) in [5, 5.41) is 14.7. The molecular formula is C23H31N3O3. The molecule has 0 radical (unpaired) electrons. The van der Waals surface area contributed by atoms with E-state index in [4.69, 9.17) is 4.74 Å². The lowest BCUT2D eigenvalue weighted by atomic mass is 9.69. The summed E-state index contributed by atoms with van der Waals surface area (Å²) in [5.74, 6) is 1.46. The van der Waals surface area contributed by atoms with Crippen LogP contribution < -0.4 is 10.1 Å². The maximum atomic E-state index is 12.9. The minimum absolute atomic E-state index is 0.000295. The van der Waals surface area contributed by atoms with Gasteiger partial charge in [-0.2, -0.15) is 0 Å². The van der Waals surface area contributed by atoms with Crippen molar-refractivity contribution >= 4 is 16.8 Å². The zero-order chi connectivity index (χ0) is 20.0. The molecular weight excluding hydrogens is 366 g/mol. The highest BCUT2D eigenvalue weighted by Gasteiger charge is 2.45. The van der Waals surface area contributed by atoms with Crippen LogP contribution in [0.2, 0.25) is 0 Å². The Hall–Kier alpha value is -2.05. The smallest absolute Gasteiger partial charge is 0.225 e. The van der Waals surface area contributed by atoms with Crippen molar-refractivity contribution in [2.24, 2.45) is 5.92 Å². The fraction of sp³-hybridized carbons (Fsp3) is 0.609. The number of fused-ring (bicyclic) bond motifs is 4. The third-order valence-corrected chi connectivity index (χ3v) is 7.52. The van der Waals surface area contributed by atoms with E-state index in [-0.39, 0.29) is 24.0 Å². The minimum Gasteiger partial charge on any atom is -0.497 e. The van der Waals surface area contributed by atoms with Crippen LogP contribution in [0.15, 0.2) is 18.2 Å². The zero-order valence-corrected chi connectivity index (χ0v) is 17.2. The number of carbonyl (C=O) groups is 1. The van der Waals surface area contributed by atoms with Crippen LogP contribution in [0.3, 0.4) is 0 Å². The van der Waals surface area contributed by atoms with Crippen LogP contribution in [0, 0.1) is 5.92 Å². The molecule has 1 saturated heterocycles. The largest absolute Gasteiger partial charge is 0.497 e. The second kappa shape index (κ2) is 7.33. The molecule has 1 aromatic heterocycles. The first kappa shape index (κ1) is 18.9. The lowest BCUT2D eigenvalue weighted by molar-refractivity contribution is -0.137. The van der Waals surface area contributed by atoms with Gasteiger partial charge in [-0.1, -0.05) is 12.8 Å². The summed E-state index contributed by atoms with van der Waals surface area (Å²) in [6.07, 6.45) is 6.44. The van der Waals surface area contributed by atoms with Crippen molar-refractivity contribution in [3.63, 3.8) is 0 Å². The number of nitrogens with one attached hydrogen (secondary N) is 2. The number of piperidine rings is 1.